The summed E-state index contributed by atoms with van der Waals surface area (Å²) < 4.78 is 10.6. The van der Waals surface area contributed by atoms with Gasteiger partial charge in [0.15, 0.2) is 0 Å². The molecule has 0 saturated heterocycles. The van der Waals surface area contributed by atoms with Crippen molar-refractivity contribution in [3.05, 3.63) is 53.4 Å². The molecule has 5 heteroatoms. The van der Waals surface area contributed by atoms with Gasteiger partial charge in [-0.1, -0.05) is 23.7 Å². The molecule has 0 spiro atoms. The van der Waals surface area contributed by atoms with E-state index >= 15 is 0 Å². The number of carbonyl (C=O) groups excluding carboxylic acids is 1. The fraction of sp³-hybridized carbons (Fsp3) is 0.125. The minimum atomic E-state index is -0.500. The number of hydrogen-bond acceptors (Lipinski definition) is 4. The Hall–Kier alpha value is -2.33. The number of fused-ring (bicyclic) bond motifs is 1. The summed E-state index contributed by atoms with van der Waals surface area (Å²) >= 11 is 5.92. The SMILES string of the molecule is CCOC(=O)c1oc2ncccc2c1-c1ccc(Cl)cc1. The number of nitrogens with zero attached hydrogens (tertiary/aromatic N) is 1. The van der Waals surface area contributed by atoms with E-state index < -0.39 is 5.97 Å². The Morgan fingerprint density at radius 2 is 2.05 bits per heavy atom. The molecule has 0 fully saturated rings. The average molecular weight is 302 g/mol. The molecule has 3 aromatic rings. The number of benzene rings is 1. The van der Waals surface area contributed by atoms with Gasteiger partial charge in [0.1, 0.15) is 0 Å². The highest BCUT2D eigenvalue weighted by molar-refractivity contribution is 6.30. The van der Waals surface area contributed by atoms with E-state index in [4.69, 9.17) is 20.8 Å². The number of halogens is 1. The van der Waals surface area contributed by atoms with Crippen LogP contribution in [0, 0.1) is 0 Å². The highest BCUT2D eigenvalue weighted by Gasteiger charge is 2.23. The summed E-state index contributed by atoms with van der Waals surface area (Å²) in [7, 11) is 0. The van der Waals surface area contributed by atoms with Crippen LogP contribution in [-0.2, 0) is 4.74 Å². The fourth-order valence-electron chi connectivity index (χ4n) is 2.18. The van der Waals surface area contributed by atoms with Crippen molar-refractivity contribution in [1.29, 1.82) is 0 Å². The Balaban J connectivity index is 2.24. The van der Waals surface area contributed by atoms with Crippen LogP contribution < -0.4 is 0 Å². The van der Waals surface area contributed by atoms with Crippen LogP contribution in [0.4, 0.5) is 0 Å². The van der Waals surface area contributed by atoms with Crippen molar-refractivity contribution in [2.24, 2.45) is 0 Å². The standard InChI is InChI=1S/C16H12ClNO3/c1-2-20-16(19)14-13(10-5-7-11(17)8-6-10)12-4-3-9-18-15(12)21-14/h3-9H,2H2,1H3. The van der Waals surface area contributed by atoms with Gasteiger partial charge in [-0.05, 0) is 36.8 Å². The molecule has 0 bridgehead atoms. The van der Waals surface area contributed by atoms with E-state index in [0.717, 1.165) is 10.9 Å². The highest BCUT2D eigenvalue weighted by atomic mass is 35.5. The summed E-state index contributed by atoms with van der Waals surface area (Å²) in [6.45, 7) is 2.03. The van der Waals surface area contributed by atoms with Gasteiger partial charge < -0.3 is 9.15 Å². The second-order valence-corrected chi connectivity index (χ2v) is 4.83. The van der Waals surface area contributed by atoms with Gasteiger partial charge in [-0.25, -0.2) is 9.78 Å². The van der Waals surface area contributed by atoms with E-state index in [1.165, 1.54) is 0 Å². The predicted molar refractivity (Wildman–Crippen MR) is 80.4 cm³/mol. The Labute approximate surface area is 126 Å². The van der Waals surface area contributed by atoms with Gasteiger partial charge in [0.2, 0.25) is 11.5 Å². The molecule has 1 aromatic carbocycles. The summed E-state index contributed by atoms with van der Waals surface area (Å²) in [5.41, 5.74) is 1.91. The number of aromatic nitrogens is 1. The molecule has 0 radical (unpaired) electrons. The molecule has 2 aromatic heterocycles. The topological polar surface area (TPSA) is 52.3 Å². The minimum Gasteiger partial charge on any atom is -0.460 e. The third kappa shape index (κ3) is 2.50. The second-order valence-electron chi connectivity index (χ2n) is 4.39. The van der Waals surface area contributed by atoms with Crippen molar-refractivity contribution >= 4 is 28.7 Å². The largest absolute Gasteiger partial charge is 0.460 e. The smallest absolute Gasteiger partial charge is 0.375 e. The van der Waals surface area contributed by atoms with Crippen molar-refractivity contribution in [2.75, 3.05) is 6.61 Å². The lowest BCUT2D eigenvalue weighted by Crippen LogP contribution is -2.04. The average Bonchev–Trinajstić information content (AvgIpc) is 2.88. The number of furan rings is 1. The summed E-state index contributed by atoms with van der Waals surface area (Å²) in [6.07, 6.45) is 1.62. The maximum absolute atomic E-state index is 12.1. The van der Waals surface area contributed by atoms with E-state index in [1.54, 1.807) is 31.3 Å². The molecular weight excluding hydrogens is 290 g/mol. The fourth-order valence-corrected chi connectivity index (χ4v) is 2.30. The lowest BCUT2D eigenvalue weighted by atomic mass is 10.0. The van der Waals surface area contributed by atoms with E-state index in [-0.39, 0.29) is 12.4 Å². The third-order valence-electron chi connectivity index (χ3n) is 3.06. The van der Waals surface area contributed by atoms with Crippen LogP contribution in [-0.4, -0.2) is 17.6 Å². The van der Waals surface area contributed by atoms with Crippen molar-refractivity contribution in [3.63, 3.8) is 0 Å². The number of carbonyl (C=O) groups is 1. The summed E-state index contributed by atoms with van der Waals surface area (Å²) in [5.74, 6) is -0.340. The zero-order valence-electron chi connectivity index (χ0n) is 11.3. The van der Waals surface area contributed by atoms with Crippen LogP contribution in [0.2, 0.25) is 5.02 Å². The Bertz CT molecular complexity index is 793. The zero-order chi connectivity index (χ0) is 14.8. The summed E-state index contributed by atoms with van der Waals surface area (Å²) in [6, 6.07) is 10.9. The Morgan fingerprint density at radius 3 is 2.76 bits per heavy atom. The number of rotatable bonds is 3. The molecular formula is C16H12ClNO3. The number of hydrogen-bond donors (Lipinski definition) is 0. The van der Waals surface area contributed by atoms with Gasteiger partial charge >= 0.3 is 5.97 Å². The summed E-state index contributed by atoms with van der Waals surface area (Å²) in [5, 5.41) is 1.39. The molecule has 4 nitrogen and oxygen atoms in total. The maximum atomic E-state index is 12.1. The molecule has 0 aliphatic rings. The Kier molecular flexibility index (Phi) is 3.62. The third-order valence-corrected chi connectivity index (χ3v) is 3.31. The van der Waals surface area contributed by atoms with Crippen molar-refractivity contribution in [3.8, 4) is 11.1 Å². The van der Waals surface area contributed by atoms with Crippen molar-refractivity contribution in [2.45, 2.75) is 6.92 Å². The summed E-state index contributed by atoms with van der Waals surface area (Å²) in [4.78, 5) is 16.3. The molecule has 2 heterocycles. The molecule has 0 aliphatic heterocycles. The molecule has 0 unspecified atom stereocenters. The lowest BCUT2D eigenvalue weighted by Gasteiger charge is -2.03. The van der Waals surface area contributed by atoms with Crippen LogP contribution >= 0.6 is 11.6 Å². The first kappa shape index (κ1) is 13.6. The van der Waals surface area contributed by atoms with Gasteiger partial charge in [-0.15, -0.1) is 0 Å². The van der Waals surface area contributed by atoms with E-state index in [9.17, 15) is 4.79 Å². The van der Waals surface area contributed by atoms with E-state index in [1.807, 2.05) is 18.2 Å². The number of esters is 1. The minimum absolute atomic E-state index is 0.160. The molecule has 0 saturated carbocycles. The lowest BCUT2D eigenvalue weighted by molar-refractivity contribution is 0.0493. The Morgan fingerprint density at radius 1 is 1.29 bits per heavy atom. The predicted octanol–water partition coefficient (Wildman–Crippen LogP) is 4.32. The van der Waals surface area contributed by atoms with Crippen LogP contribution in [0.25, 0.3) is 22.2 Å². The second kappa shape index (κ2) is 5.58. The molecule has 0 amide bonds. The quantitative estimate of drug-likeness (QED) is 0.676. The molecule has 0 N–H and O–H groups in total. The first-order valence-corrected chi connectivity index (χ1v) is 6.89. The van der Waals surface area contributed by atoms with Crippen LogP contribution in [0.3, 0.4) is 0 Å². The molecule has 21 heavy (non-hydrogen) atoms. The molecule has 3 rings (SSSR count). The first-order valence-electron chi connectivity index (χ1n) is 6.51. The van der Waals surface area contributed by atoms with Crippen LogP contribution in [0.15, 0.2) is 47.0 Å². The van der Waals surface area contributed by atoms with Crippen molar-refractivity contribution < 1.29 is 13.9 Å². The molecule has 0 atom stereocenters. The van der Waals surface area contributed by atoms with Gasteiger partial charge in [0.05, 0.1) is 6.61 Å². The van der Waals surface area contributed by atoms with Crippen LogP contribution in [0.1, 0.15) is 17.5 Å². The number of pyridine rings is 1. The van der Waals surface area contributed by atoms with Gasteiger partial charge in [-0.3, -0.25) is 0 Å². The monoisotopic (exact) mass is 301 g/mol. The van der Waals surface area contributed by atoms with Gasteiger partial charge in [-0.2, -0.15) is 0 Å². The molecule has 106 valence electrons. The number of ether oxygens (including phenoxy) is 1. The zero-order valence-corrected chi connectivity index (χ0v) is 12.1. The van der Waals surface area contributed by atoms with E-state index in [2.05, 4.69) is 4.98 Å². The maximum Gasteiger partial charge on any atom is 0.375 e. The highest BCUT2D eigenvalue weighted by Crippen LogP contribution is 2.34. The van der Waals surface area contributed by atoms with Gasteiger partial charge in [0, 0.05) is 22.2 Å². The van der Waals surface area contributed by atoms with Crippen LogP contribution in [0.5, 0.6) is 0 Å². The molecule has 0 aliphatic carbocycles. The van der Waals surface area contributed by atoms with E-state index in [0.29, 0.717) is 16.3 Å². The van der Waals surface area contributed by atoms with Gasteiger partial charge in [0.25, 0.3) is 0 Å². The first-order chi connectivity index (χ1) is 10.2. The normalized spacial score (nSPS) is 10.8. The van der Waals surface area contributed by atoms with Crippen molar-refractivity contribution in [1.82, 2.24) is 4.98 Å².